The molecule has 1 aliphatic carbocycles. The van der Waals surface area contributed by atoms with Gasteiger partial charge in [0.05, 0.1) is 18.8 Å². The van der Waals surface area contributed by atoms with Crippen molar-refractivity contribution in [3.05, 3.63) is 53.0 Å². The number of hydrogen-bond donors (Lipinski definition) is 1. The third-order valence-electron chi connectivity index (χ3n) is 4.04. The Kier molecular flexibility index (Phi) is 4.39. The Morgan fingerprint density at radius 3 is 3.00 bits per heavy atom. The molecule has 3 rings (SSSR count). The number of hydrogen-bond acceptors (Lipinski definition) is 2. The average Bonchev–Trinajstić information content (AvgIpc) is 3.11. The van der Waals surface area contributed by atoms with Crippen molar-refractivity contribution in [3.8, 4) is 0 Å². The molecule has 0 unspecified atom stereocenters. The van der Waals surface area contributed by atoms with Crippen LogP contribution in [0.1, 0.15) is 30.9 Å². The number of benzene rings is 1. The van der Waals surface area contributed by atoms with Crippen LogP contribution < -0.4 is 5.32 Å². The molecule has 0 radical (unpaired) electrons. The summed E-state index contributed by atoms with van der Waals surface area (Å²) in [5, 5.41) is 3.18. The van der Waals surface area contributed by atoms with Crippen molar-refractivity contribution in [1.82, 2.24) is 14.9 Å². The number of carbonyl (C=O) groups excluding carboxylic acids is 1. The second-order valence-electron chi connectivity index (χ2n) is 5.45. The minimum absolute atomic E-state index is 0.0823. The Bertz CT molecular complexity index is 612. The monoisotopic (exact) mass is 347 g/mol. The minimum Gasteiger partial charge on any atom is -0.351 e. The molecule has 1 N–H and O–H groups in total. The van der Waals surface area contributed by atoms with Crippen LogP contribution in [-0.2, 0) is 11.2 Å². The van der Waals surface area contributed by atoms with E-state index in [0.29, 0.717) is 12.5 Å². The fourth-order valence-corrected chi connectivity index (χ4v) is 3.43. The van der Waals surface area contributed by atoms with Crippen LogP contribution in [0.15, 0.2) is 47.5 Å². The lowest BCUT2D eigenvalue weighted by Crippen LogP contribution is -2.39. The van der Waals surface area contributed by atoms with E-state index in [1.165, 1.54) is 0 Å². The molecule has 0 saturated heterocycles. The highest BCUT2D eigenvalue weighted by Gasteiger charge is 2.29. The second kappa shape index (κ2) is 6.43. The Morgan fingerprint density at radius 2 is 2.24 bits per heavy atom. The van der Waals surface area contributed by atoms with Crippen molar-refractivity contribution in [3.63, 3.8) is 0 Å². The van der Waals surface area contributed by atoms with Crippen LogP contribution in [0, 0.1) is 0 Å². The summed E-state index contributed by atoms with van der Waals surface area (Å²) in [5.74, 6) is 0.0823. The number of carbonyl (C=O) groups is 1. The predicted octanol–water partition coefficient (Wildman–Crippen LogP) is 3.10. The third-order valence-corrected chi connectivity index (χ3v) is 4.82. The Morgan fingerprint density at radius 1 is 1.38 bits per heavy atom. The van der Waals surface area contributed by atoms with E-state index in [0.717, 1.165) is 29.3 Å². The summed E-state index contributed by atoms with van der Waals surface area (Å²) < 4.78 is 3.09. The number of imidazole rings is 1. The number of amides is 1. The summed E-state index contributed by atoms with van der Waals surface area (Å²) in [4.78, 5) is 16.4. The molecule has 1 amide bonds. The first kappa shape index (κ1) is 14.3. The van der Waals surface area contributed by atoms with Gasteiger partial charge < -0.3 is 9.88 Å². The highest BCUT2D eigenvalue weighted by Crippen LogP contribution is 2.30. The Hall–Kier alpha value is -1.62. The van der Waals surface area contributed by atoms with Crippen LogP contribution in [-0.4, -0.2) is 21.5 Å². The topological polar surface area (TPSA) is 46.9 Å². The van der Waals surface area contributed by atoms with Gasteiger partial charge in [-0.1, -0.05) is 34.1 Å². The van der Waals surface area contributed by atoms with Crippen LogP contribution in [0.5, 0.6) is 0 Å². The van der Waals surface area contributed by atoms with Crippen molar-refractivity contribution in [2.75, 3.05) is 0 Å². The van der Waals surface area contributed by atoms with Gasteiger partial charge in [0.1, 0.15) is 0 Å². The maximum atomic E-state index is 12.3. The van der Waals surface area contributed by atoms with Crippen LogP contribution in [0.3, 0.4) is 0 Å². The first-order valence-corrected chi connectivity index (χ1v) is 8.03. The molecule has 2 atom stereocenters. The van der Waals surface area contributed by atoms with E-state index in [4.69, 9.17) is 0 Å². The molecule has 1 saturated carbocycles. The maximum Gasteiger partial charge on any atom is 0.224 e. The molecular formula is C16H18BrN3O. The van der Waals surface area contributed by atoms with Crippen molar-refractivity contribution < 1.29 is 4.79 Å². The van der Waals surface area contributed by atoms with Crippen LogP contribution in [0.4, 0.5) is 0 Å². The maximum absolute atomic E-state index is 12.3. The number of nitrogens with one attached hydrogen (secondary N) is 1. The first-order chi connectivity index (χ1) is 10.2. The van der Waals surface area contributed by atoms with Gasteiger partial charge in [0.25, 0.3) is 0 Å². The van der Waals surface area contributed by atoms with E-state index in [1.54, 1.807) is 6.20 Å². The van der Waals surface area contributed by atoms with Gasteiger partial charge in [0, 0.05) is 22.9 Å². The summed E-state index contributed by atoms with van der Waals surface area (Å²) in [6.45, 7) is 0. The zero-order chi connectivity index (χ0) is 14.7. The zero-order valence-corrected chi connectivity index (χ0v) is 13.3. The lowest BCUT2D eigenvalue weighted by molar-refractivity contribution is -0.121. The number of halogens is 1. The molecule has 1 heterocycles. The molecule has 0 spiro atoms. The Balaban J connectivity index is 1.63. The summed E-state index contributed by atoms with van der Waals surface area (Å²) in [7, 11) is 0. The normalized spacial score (nSPS) is 21.4. The standard InChI is InChI=1S/C16H18BrN3O/c17-13-5-2-1-4-12(13)10-16(21)19-14-6-3-7-15(14)20-9-8-18-11-20/h1-2,4-5,8-9,11,14-15H,3,6-7,10H2,(H,19,21)/t14-,15-/m0/s1. The van der Waals surface area contributed by atoms with E-state index >= 15 is 0 Å². The molecule has 0 aliphatic heterocycles. The van der Waals surface area contributed by atoms with Crippen molar-refractivity contribution >= 4 is 21.8 Å². The largest absolute Gasteiger partial charge is 0.351 e. The number of aromatic nitrogens is 2. The molecule has 1 aliphatic rings. The van der Waals surface area contributed by atoms with Crippen LogP contribution in [0.25, 0.3) is 0 Å². The second-order valence-corrected chi connectivity index (χ2v) is 6.30. The van der Waals surface area contributed by atoms with Gasteiger partial charge in [0.2, 0.25) is 5.91 Å². The molecule has 0 bridgehead atoms. The lowest BCUT2D eigenvalue weighted by Gasteiger charge is -2.22. The van der Waals surface area contributed by atoms with Crippen LogP contribution in [0.2, 0.25) is 0 Å². The van der Waals surface area contributed by atoms with Crippen LogP contribution >= 0.6 is 15.9 Å². The van der Waals surface area contributed by atoms with Gasteiger partial charge in [-0.15, -0.1) is 0 Å². The quantitative estimate of drug-likeness (QED) is 0.923. The van der Waals surface area contributed by atoms with E-state index in [9.17, 15) is 4.79 Å². The molecule has 21 heavy (non-hydrogen) atoms. The average molecular weight is 348 g/mol. The predicted molar refractivity (Wildman–Crippen MR) is 84.9 cm³/mol. The molecule has 1 aromatic carbocycles. The highest BCUT2D eigenvalue weighted by atomic mass is 79.9. The van der Waals surface area contributed by atoms with E-state index < -0.39 is 0 Å². The minimum atomic E-state index is 0.0823. The van der Waals surface area contributed by atoms with E-state index in [-0.39, 0.29) is 11.9 Å². The van der Waals surface area contributed by atoms with Gasteiger partial charge in [0.15, 0.2) is 0 Å². The molecule has 5 heteroatoms. The van der Waals surface area contributed by atoms with E-state index in [2.05, 4.69) is 30.8 Å². The van der Waals surface area contributed by atoms with Crippen molar-refractivity contribution in [1.29, 1.82) is 0 Å². The molecule has 1 fully saturated rings. The summed E-state index contributed by atoms with van der Waals surface area (Å²) in [6, 6.07) is 8.39. The van der Waals surface area contributed by atoms with Gasteiger partial charge in [-0.05, 0) is 30.9 Å². The first-order valence-electron chi connectivity index (χ1n) is 7.24. The molecule has 4 nitrogen and oxygen atoms in total. The lowest BCUT2D eigenvalue weighted by atomic mass is 10.1. The van der Waals surface area contributed by atoms with E-state index in [1.807, 2.05) is 36.8 Å². The number of nitrogens with zero attached hydrogens (tertiary/aromatic N) is 2. The highest BCUT2D eigenvalue weighted by molar-refractivity contribution is 9.10. The zero-order valence-electron chi connectivity index (χ0n) is 11.7. The fourth-order valence-electron chi connectivity index (χ4n) is 3.00. The molecule has 2 aromatic rings. The summed E-state index contributed by atoms with van der Waals surface area (Å²) >= 11 is 3.49. The fraction of sp³-hybridized carbons (Fsp3) is 0.375. The summed E-state index contributed by atoms with van der Waals surface area (Å²) in [6.07, 6.45) is 9.28. The summed E-state index contributed by atoms with van der Waals surface area (Å²) in [5.41, 5.74) is 1.02. The van der Waals surface area contributed by atoms with Gasteiger partial charge in [-0.2, -0.15) is 0 Å². The smallest absolute Gasteiger partial charge is 0.224 e. The molecule has 110 valence electrons. The van der Waals surface area contributed by atoms with Crippen molar-refractivity contribution in [2.45, 2.75) is 37.8 Å². The van der Waals surface area contributed by atoms with Gasteiger partial charge >= 0.3 is 0 Å². The third kappa shape index (κ3) is 3.35. The number of rotatable bonds is 4. The van der Waals surface area contributed by atoms with Gasteiger partial charge in [-0.25, -0.2) is 4.98 Å². The van der Waals surface area contributed by atoms with Gasteiger partial charge in [-0.3, -0.25) is 4.79 Å². The van der Waals surface area contributed by atoms with Crippen molar-refractivity contribution in [2.24, 2.45) is 0 Å². The SMILES string of the molecule is O=C(Cc1ccccc1Br)N[C@H]1CCC[C@@H]1n1ccnc1. The molecular weight excluding hydrogens is 330 g/mol. The Labute approximate surface area is 132 Å². The molecule has 1 aromatic heterocycles.